The van der Waals surface area contributed by atoms with E-state index in [0.717, 1.165) is 27.9 Å². The lowest BCUT2D eigenvalue weighted by atomic mass is 10.1. The smallest absolute Gasteiger partial charge is 0.254 e. The SMILES string of the molecule is Cc1cc(C)nc(Nc2ncc(C(=O)NCC(=O)c3c(C)[nH]c4ccccc34)cn2)c1. The third-order valence-corrected chi connectivity index (χ3v) is 4.83. The van der Waals surface area contributed by atoms with Gasteiger partial charge in [0.15, 0.2) is 5.78 Å². The van der Waals surface area contributed by atoms with Crippen LogP contribution in [0, 0.1) is 20.8 Å². The molecule has 0 fully saturated rings. The van der Waals surface area contributed by atoms with Gasteiger partial charge in [0.2, 0.25) is 5.95 Å². The van der Waals surface area contributed by atoms with Crippen molar-refractivity contribution in [1.29, 1.82) is 0 Å². The first-order chi connectivity index (χ1) is 14.9. The second-order valence-electron chi connectivity index (χ2n) is 7.37. The van der Waals surface area contributed by atoms with E-state index in [1.807, 2.05) is 57.2 Å². The first-order valence-corrected chi connectivity index (χ1v) is 9.84. The van der Waals surface area contributed by atoms with Gasteiger partial charge in [-0.25, -0.2) is 15.0 Å². The zero-order valence-corrected chi connectivity index (χ0v) is 17.5. The molecule has 0 atom stereocenters. The van der Waals surface area contributed by atoms with E-state index in [1.54, 1.807) is 0 Å². The summed E-state index contributed by atoms with van der Waals surface area (Å²) in [6.07, 6.45) is 2.82. The van der Waals surface area contributed by atoms with Crippen LogP contribution in [-0.4, -0.2) is 38.2 Å². The second kappa shape index (κ2) is 8.35. The normalized spacial score (nSPS) is 10.8. The van der Waals surface area contributed by atoms with Gasteiger partial charge in [0.05, 0.1) is 12.1 Å². The number of anilines is 2. The van der Waals surface area contributed by atoms with E-state index in [4.69, 9.17) is 0 Å². The Balaban J connectivity index is 1.40. The number of aromatic amines is 1. The summed E-state index contributed by atoms with van der Waals surface area (Å²) in [6, 6.07) is 11.4. The van der Waals surface area contributed by atoms with Crippen LogP contribution in [0.5, 0.6) is 0 Å². The van der Waals surface area contributed by atoms with Crippen molar-refractivity contribution in [3.8, 4) is 0 Å². The summed E-state index contributed by atoms with van der Waals surface area (Å²) < 4.78 is 0. The van der Waals surface area contributed by atoms with Crippen molar-refractivity contribution in [3.05, 3.63) is 76.9 Å². The van der Waals surface area contributed by atoms with E-state index < -0.39 is 5.91 Å². The van der Waals surface area contributed by atoms with Crippen LogP contribution in [0.3, 0.4) is 0 Å². The summed E-state index contributed by atoms with van der Waals surface area (Å²) in [7, 11) is 0. The molecule has 0 spiro atoms. The standard InChI is InChI=1S/C23H22N6O2/c1-13-8-14(2)27-20(9-13)29-23-25-10-16(11-26-23)22(31)24-12-19(30)21-15(3)28-18-7-5-4-6-17(18)21/h4-11,28H,12H2,1-3H3,(H,24,31)(H,25,26,27,29). The highest BCUT2D eigenvalue weighted by molar-refractivity contribution is 6.11. The fourth-order valence-electron chi connectivity index (χ4n) is 3.52. The van der Waals surface area contributed by atoms with Crippen molar-refractivity contribution in [1.82, 2.24) is 25.3 Å². The molecule has 3 aromatic heterocycles. The number of benzene rings is 1. The van der Waals surface area contributed by atoms with Gasteiger partial charge < -0.3 is 15.6 Å². The van der Waals surface area contributed by atoms with Crippen molar-refractivity contribution in [2.45, 2.75) is 20.8 Å². The van der Waals surface area contributed by atoms with Crippen molar-refractivity contribution in [2.75, 3.05) is 11.9 Å². The maximum absolute atomic E-state index is 12.7. The molecule has 8 heteroatoms. The molecule has 1 aromatic carbocycles. The number of para-hydroxylation sites is 1. The van der Waals surface area contributed by atoms with Crippen molar-refractivity contribution < 1.29 is 9.59 Å². The van der Waals surface area contributed by atoms with Crippen LogP contribution in [-0.2, 0) is 0 Å². The number of pyridine rings is 1. The van der Waals surface area contributed by atoms with Crippen molar-refractivity contribution in [3.63, 3.8) is 0 Å². The quantitative estimate of drug-likeness (QED) is 0.415. The highest BCUT2D eigenvalue weighted by atomic mass is 16.2. The molecular formula is C23H22N6O2. The minimum absolute atomic E-state index is 0.117. The Morgan fingerprint density at radius 3 is 2.52 bits per heavy atom. The molecule has 3 N–H and O–H groups in total. The Labute approximate surface area is 179 Å². The van der Waals surface area contributed by atoms with E-state index >= 15 is 0 Å². The zero-order chi connectivity index (χ0) is 22.0. The lowest BCUT2D eigenvalue weighted by Gasteiger charge is -2.07. The van der Waals surface area contributed by atoms with E-state index in [0.29, 0.717) is 17.3 Å². The summed E-state index contributed by atoms with van der Waals surface area (Å²) in [4.78, 5) is 41.1. The molecule has 156 valence electrons. The van der Waals surface area contributed by atoms with Crippen LogP contribution in [0.1, 0.15) is 37.7 Å². The minimum Gasteiger partial charge on any atom is -0.358 e. The molecular weight excluding hydrogens is 392 g/mol. The van der Waals surface area contributed by atoms with Gasteiger partial charge in [0, 0.05) is 40.2 Å². The molecule has 0 aliphatic carbocycles. The van der Waals surface area contributed by atoms with Crippen LogP contribution >= 0.6 is 0 Å². The van der Waals surface area contributed by atoms with Crippen LogP contribution in [0.15, 0.2) is 48.8 Å². The highest BCUT2D eigenvalue weighted by Gasteiger charge is 2.17. The number of aromatic nitrogens is 4. The van der Waals surface area contributed by atoms with Gasteiger partial charge in [-0.05, 0) is 44.5 Å². The molecule has 0 aliphatic rings. The molecule has 0 saturated heterocycles. The molecule has 8 nitrogen and oxygen atoms in total. The summed E-state index contributed by atoms with van der Waals surface area (Å²) in [5.74, 6) is 0.388. The maximum Gasteiger partial charge on any atom is 0.254 e. The van der Waals surface area contributed by atoms with Crippen molar-refractivity contribution in [2.24, 2.45) is 0 Å². The average Bonchev–Trinajstić information content (AvgIpc) is 3.07. The topological polar surface area (TPSA) is 113 Å². The van der Waals surface area contributed by atoms with Crippen LogP contribution in [0.4, 0.5) is 11.8 Å². The number of hydrogen-bond acceptors (Lipinski definition) is 6. The Kier molecular flexibility index (Phi) is 5.44. The highest BCUT2D eigenvalue weighted by Crippen LogP contribution is 2.22. The number of nitrogens with zero attached hydrogens (tertiary/aromatic N) is 3. The molecule has 0 bridgehead atoms. The summed E-state index contributed by atoms with van der Waals surface area (Å²) >= 11 is 0. The number of rotatable bonds is 6. The summed E-state index contributed by atoms with van der Waals surface area (Å²) in [5.41, 5.74) is 4.48. The Hall–Kier alpha value is -4.07. The van der Waals surface area contributed by atoms with Crippen molar-refractivity contribution >= 4 is 34.4 Å². The van der Waals surface area contributed by atoms with Gasteiger partial charge in [-0.2, -0.15) is 0 Å². The molecule has 4 aromatic rings. The zero-order valence-electron chi connectivity index (χ0n) is 17.5. The van der Waals surface area contributed by atoms with Gasteiger partial charge in [0.1, 0.15) is 5.82 Å². The number of aryl methyl sites for hydroxylation is 3. The number of nitrogens with one attached hydrogen (secondary N) is 3. The molecule has 1 amide bonds. The average molecular weight is 414 g/mol. The lowest BCUT2D eigenvalue weighted by molar-refractivity contribution is 0.0904. The number of Topliss-reactive ketones (excluding diaryl/α,β-unsaturated/α-hetero) is 1. The lowest BCUT2D eigenvalue weighted by Crippen LogP contribution is -2.30. The Morgan fingerprint density at radius 1 is 1.03 bits per heavy atom. The first kappa shape index (κ1) is 20.2. The predicted molar refractivity (Wildman–Crippen MR) is 119 cm³/mol. The monoisotopic (exact) mass is 414 g/mol. The molecule has 0 aliphatic heterocycles. The summed E-state index contributed by atoms with van der Waals surface area (Å²) in [5, 5.41) is 6.51. The van der Waals surface area contributed by atoms with Gasteiger partial charge in [0.25, 0.3) is 5.91 Å². The van der Waals surface area contributed by atoms with E-state index in [2.05, 4.69) is 30.6 Å². The predicted octanol–water partition coefficient (Wildman–Crippen LogP) is 3.63. The number of hydrogen-bond donors (Lipinski definition) is 3. The molecule has 31 heavy (non-hydrogen) atoms. The Morgan fingerprint density at radius 2 is 1.77 bits per heavy atom. The van der Waals surface area contributed by atoms with Crippen LogP contribution in [0.25, 0.3) is 10.9 Å². The number of amides is 1. The largest absolute Gasteiger partial charge is 0.358 e. The van der Waals surface area contributed by atoms with Crippen LogP contribution in [0.2, 0.25) is 0 Å². The van der Waals surface area contributed by atoms with Crippen LogP contribution < -0.4 is 10.6 Å². The number of carbonyl (C=O) groups is 2. The second-order valence-corrected chi connectivity index (χ2v) is 7.37. The summed E-state index contributed by atoms with van der Waals surface area (Å²) in [6.45, 7) is 5.62. The fourth-order valence-corrected chi connectivity index (χ4v) is 3.52. The molecule has 0 radical (unpaired) electrons. The third kappa shape index (κ3) is 4.42. The molecule has 0 unspecified atom stereocenters. The number of ketones is 1. The Bertz CT molecular complexity index is 1260. The third-order valence-electron chi connectivity index (χ3n) is 4.83. The van der Waals surface area contributed by atoms with E-state index in [1.165, 1.54) is 12.4 Å². The van der Waals surface area contributed by atoms with E-state index in [9.17, 15) is 9.59 Å². The minimum atomic E-state index is -0.415. The first-order valence-electron chi connectivity index (χ1n) is 9.84. The maximum atomic E-state index is 12.7. The van der Waals surface area contributed by atoms with Gasteiger partial charge in [-0.15, -0.1) is 0 Å². The number of H-pyrrole nitrogens is 1. The fraction of sp³-hybridized carbons (Fsp3) is 0.174. The van der Waals surface area contributed by atoms with E-state index in [-0.39, 0.29) is 17.9 Å². The molecule has 0 saturated carbocycles. The number of carbonyl (C=O) groups excluding carboxylic acids is 2. The number of fused-ring (bicyclic) bond motifs is 1. The van der Waals surface area contributed by atoms with Gasteiger partial charge in [-0.3, -0.25) is 9.59 Å². The van der Waals surface area contributed by atoms with Gasteiger partial charge in [-0.1, -0.05) is 18.2 Å². The molecule has 3 heterocycles. The van der Waals surface area contributed by atoms with Gasteiger partial charge >= 0.3 is 0 Å². The molecule has 4 rings (SSSR count).